The number of esters is 2. The number of amides is 2. The molecule has 2 aliphatic heterocycles. The van der Waals surface area contributed by atoms with Crippen LogP contribution in [0.4, 0.5) is 46.0 Å². The molecular weight excluding hydrogens is 2410 g/mol. The first-order valence-corrected chi connectivity index (χ1v) is 57.1. The van der Waals surface area contributed by atoms with Crippen molar-refractivity contribution >= 4 is 226 Å². The third kappa shape index (κ3) is 27.3. The molecule has 18 rings (SSSR count). The number of aromatic nitrogens is 8. The summed E-state index contributed by atoms with van der Waals surface area (Å²) in [6, 6.07) is 59.1. The van der Waals surface area contributed by atoms with E-state index in [-0.39, 0.29) is 47.9 Å². The minimum absolute atomic E-state index is 0.156. The second-order valence-corrected chi connectivity index (χ2v) is 46.1. The van der Waals surface area contributed by atoms with Crippen molar-refractivity contribution in [3.05, 3.63) is 296 Å². The molecule has 2 amide bonds. The van der Waals surface area contributed by atoms with E-state index in [1.165, 1.54) is 138 Å². The number of benzene rings is 10. The van der Waals surface area contributed by atoms with Crippen molar-refractivity contribution in [1.29, 1.82) is 0 Å². The number of rotatable bonds is 24. The summed E-state index contributed by atoms with van der Waals surface area (Å²) in [5.41, 5.74) is 27.4. The molecule has 27 heteroatoms. The molecule has 22 nitrogen and oxygen atoms in total. The summed E-state index contributed by atoms with van der Waals surface area (Å²) in [6.07, 6.45) is 18.8. The van der Waals surface area contributed by atoms with Gasteiger partial charge in [0.2, 0.25) is 11.8 Å². The highest BCUT2D eigenvalue weighted by Crippen LogP contribution is 2.46. The molecule has 780 valence electrons. The molecule has 2 aliphatic carbocycles. The van der Waals surface area contributed by atoms with Crippen molar-refractivity contribution in [2.45, 2.75) is 257 Å². The maximum atomic E-state index is 13.5. The van der Waals surface area contributed by atoms with Crippen LogP contribution in [0, 0.1) is 120 Å². The molecular formula is C121H145I5N16O6. The summed E-state index contributed by atoms with van der Waals surface area (Å²) in [5, 5.41) is 4.39. The second-order valence-electron chi connectivity index (χ2n) is 40.6. The van der Waals surface area contributed by atoms with Crippen LogP contribution in [0.25, 0.3) is 43.6 Å². The Morgan fingerprint density at radius 2 is 0.811 bits per heavy atom. The number of halogens is 5. The van der Waals surface area contributed by atoms with Crippen LogP contribution in [0.15, 0.2) is 195 Å². The SMILES string of the molecule is CCOC(=O)[C@H](CCc1ccc(C)cc1)N(C)[C@@H](C)C(=O)N1[C@H](C)C[C@@H]2CCC[C@@H]21.CCOC(=O)[C@H](CCc1ccccc1I)N(C)[C@@H](C)C(=O)N1[C@H](C)C[C@@H]2CCC[C@@H]21.Cc1cc2ncnc(N(C)c3cccc(C)c3I)c2cc1C.Cc1ccc(I)c(N(C)c2ncnc3cc(C)c(C)cc23)c1.Cc1cccc(N(C)c2ncnc3c(I)c(C)c(C)cc23)c1.Cc1cccc(N(C)c2ncnc3cc(C)c(C)c(I)c23)c1. The maximum Gasteiger partial charge on any atom is 0.323 e. The Hall–Kier alpha value is -9.79. The normalized spacial score (nSPS) is 16.8. The largest absolute Gasteiger partial charge is 0.465 e. The number of fused-ring (bicyclic) bond motifs is 6. The first kappa shape index (κ1) is 115. The molecule has 6 heterocycles. The highest BCUT2D eigenvalue weighted by Gasteiger charge is 2.48. The van der Waals surface area contributed by atoms with Gasteiger partial charge in [0, 0.05) is 97.7 Å². The van der Waals surface area contributed by atoms with Gasteiger partial charge in [0.1, 0.15) is 60.7 Å². The van der Waals surface area contributed by atoms with Crippen molar-refractivity contribution in [1.82, 2.24) is 59.5 Å². The van der Waals surface area contributed by atoms with Crippen molar-refractivity contribution in [2.75, 3.05) is 75.1 Å². The van der Waals surface area contributed by atoms with Crippen molar-refractivity contribution in [2.24, 2.45) is 11.8 Å². The number of nitrogens with zero attached hydrogens (tertiary/aromatic N) is 16. The van der Waals surface area contributed by atoms with E-state index < -0.39 is 12.1 Å². The summed E-state index contributed by atoms with van der Waals surface area (Å²) < 4.78 is 16.8. The van der Waals surface area contributed by atoms with Crippen LogP contribution in [-0.4, -0.2) is 187 Å². The van der Waals surface area contributed by atoms with E-state index in [0.717, 1.165) is 117 Å². The first-order chi connectivity index (χ1) is 70.6. The lowest BCUT2D eigenvalue weighted by Gasteiger charge is -2.36. The third-order valence-corrected chi connectivity index (χ3v) is 36.5. The first-order valence-electron chi connectivity index (χ1n) is 51.7. The van der Waals surface area contributed by atoms with Crippen LogP contribution in [0.1, 0.15) is 189 Å². The van der Waals surface area contributed by atoms with E-state index >= 15 is 0 Å². The molecule has 2 saturated carbocycles. The fraction of sp³-hybridized carbons (Fsp3) is 0.405. The summed E-state index contributed by atoms with van der Waals surface area (Å²) in [6.45, 7) is 40.1. The minimum atomic E-state index is -0.433. The van der Waals surface area contributed by atoms with Gasteiger partial charge in [-0.25, -0.2) is 39.9 Å². The van der Waals surface area contributed by atoms with Crippen LogP contribution in [0.3, 0.4) is 0 Å². The van der Waals surface area contributed by atoms with Gasteiger partial charge in [0.05, 0.1) is 64.1 Å². The fourth-order valence-corrected chi connectivity index (χ4v) is 24.9. The Balaban J connectivity index is 0.000000149. The molecule has 0 radical (unpaired) electrons. The lowest BCUT2D eigenvalue weighted by Crippen LogP contribution is -2.54. The van der Waals surface area contributed by atoms with Crippen molar-refractivity contribution in [3.8, 4) is 0 Å². The van der Waals surface area contributed by atoms with Gasteiger partial charge in [0.15, 0.2) is 0 Å². The molecule has 0 N–H and O–H groups in total. The standard InChI is InChI=1S/C25H38N2O3.C24H35IN2O3.4C18H18IN3/c1-6-30-25(29)23(15-14-20-12-10-17(2)11-13-20)26(5)19(4)24(28)27-18(3)16-21-8-7-9-22(21)27;1-5-30-24(29)22(14-13-18-9-6-7-11-20(18)25)26(4)17(3)23(28)27-16(2)15-19-10-8-12-21(19)27;1-11-5-6-15(19)17(7-11)22(4)18-14-8-12(2)13(3)9-16(14)20-10-21-18;1-11-6-5-7-16(17(11)19)22(4)18-14-8-12(2)13(3)9-15(14)20-10-21-18;1-11-6-5-7-14(8-11)22(4)18-16-15(20-10-21-18)9-12(2)13(3)17(16)19;1-11-6-5-7-14(8-11)22(4)18-15-9-12(2)13(3)16(19)17(15)20-10-21-18/h10-13,18-19,21-23H,6-9,14-16H2,1-5H3;6-7,9,11,16-17,19,21-22H,5,8,10,12-15H2,1-4H3;4*5-10H,1-4H3/t18-,19+,21+,22+,23+;16-,17+,19+,21+,22+;;;;/m11..../s1. The molecule has 14 aromatic rings. The Morgan fingerprint density at radius 1 is 0.385 bits per heavy atom. The summed E-state index contributed by atoms with van der Waals surface area (Å²) in [4.78, 5) is 105. The summed E-state index contributed by atoms with van der Waals surface area (Å²) >= 11 is 11.9. The minimum Gasteiger partial charge on any atom is -0.465 e. The van der Waals surface area contributed by atoms with Gasteiger partial charge in [-0.05, 0) is 497 Å². The second kappa shape index (κ2) is 52.5. The topological polar surface area (TPSA) is 216 Å². The maximum absolute atomic E-state index is 13.5. The molecule has 4 fully saturated rings. The number of carbonyl (C=O) groups excluding carboxylic acids is 4. The molecule has 0 unspecified atom stereocenters. The van der Waals surface area contributed by atoms with Crippen molar-refractivity contribution in [3.63, 3.8) is 0 Å². The zero-order valence-electron chi connectivity index (χ0n) is 90.6. The van der Waals surface area contributed by atoms with E-state index in [4.69, 9.17) is 9.47 Å². The monoisotopic (exact) mass is 2550 g/mol. The number of likely N-dealkylation sites (N-methyl/N-ethyl adjacent to an activating group) is 2. The number of hydrogen-bond acceptors (Lipinski definition) is 20. The number of hydrogen-bond donors (Lipinski definition) is 0. The van der Waals surface area contributed by atoms with Gasteiger partial charge in [-0.2, -0.15) is 0 Å². The molecule has 0 spiro atoms. The predicted molar refractivity (Wildman–Crippen MR) is 650 cm³/mol. The average Bonchev–Trinajstić information content (AvgIpc) is 1.50. The Bertz CT molecular complexity index is 6980. The van der Waals surface area contributed by atoms with Crippen molar-refractivity contribution < 1.29 is 28.7 Å². The van der Waals surface area contributed by atoms with E-state index in [0.29, 0.717) is 50.0 Å². The quantitative estimate of drug-likeness (QED) is 0.0406. The van der Waals surface area contributed by atoms with Gasteiger partial charge < -0.3 is 38.9 Å². The Kier molecular flexibility index (Phi) is 40.9. The molecule has 4 aliphatic rings. The van der Waals surface area contributed by atoms with Crippen LogP contribution in [-0.2, 0) is 41.5 Å². The third-order valence-electron chi connectivity index (χ3n) is 30.4. The van der Waals surface area contributed by atoms with E-state index in [1.54, 1.807) is 25.3 Å². The van der Waals surface area contributed by atoms with Gasteiger partial charge in [0.25, 0.3) is 0 Å². The molecule has 4 aromatic heterocycles. The molecule has 0 bridgehead atoms. The Morgan fingerprint density at radius 3 is 1.32 bits per heavy atom. The van der Waals surface area contributed by atoms with Crippen LogP contribution in [0.5, 0.6) is 0 Å². The molecule has 2 saturated heterocycles. The van der Waals surface area contributed by atoms with E-state index in [2.05, 4.69) is 472 Å². The highest BCUT2D eigenvalue weighted by atomic mass is 127. The average molecular weight is 2550 g/mol. The number of likely N-dealkylation sites (tertiary alicyclic amines) is 2. The smallest absolute Gasteiger partial charge is 0.323 e. The van der Waals surface area contributed by atoms with Crippen LogP contribution < -0.4 is 19.6 Å². The van der Waals surface area contributed by atoms with E-state index in [1.807, 2.05) is 63.7 Å². The molecule has 10 atom stereocenters. The zero-order valence-corrected chi connectivity index (χ0v) is 101. The Labute approximate surface area is 945 Å². The van der Waals surface area contributed by atoms with Crippen LogP contribution in [0.2, 0.25) is 0 Å². The molecule has 10 aromatic carbocycles. The number of carbonyl (C=O) groups is 4. The lowest BCUT2D eigenvalue weighted by atomic mass is 10.0. The summed E-state index contributed by atoms with van der Waals surface area (Å²) in [5.74, 6) is 4.92. The number of ether oxygens (including phenoxy) is 2. The van der Waals surface area contributed by atoms with Gasteiger partial charge >= 0.3 is 11.9 Å². The molecule has 148 heavy (non-hydrogen) atoms. The van der Waals surface area contributed by atoms with Crippen LogP contribution >= 0.6 is 113 Å². The predicted octanol–water partition coefficient (Wildman–Crippen LogP) is 27.9. The number of anilines is 8. The zero-order chi connectivity index (χ0) is 107. The van der Waals surface area contributed by atoms with Gasteiger partial charge in [-0.15, -0.1) is 0 Å². The van der Waals surface area contributed by atoms with E-state index in [9.17, 15) is 19.2 Å². The highest BCUT2D eigenvalue weighted by molar-refractivity contribution is 14.1. The summed E-state index contributed by atoms with van der Waals surface area (Å²) in [7, 11) is 12.0. The van der Waals surface area contributed by atoms with Gasteiger partial charge in [-0.3, -0.25) is 29.0 Å². The lowest BCUT2D eigenvalue weighted by molar-refractivity contribution is -0.154. The number of aryl methyl sites for hydroxylation is 13. The van der Waals surface area contributed by atoms with Gasteiger partial charge in [-0.1, -0.05) is 103 Å². The fourth-order valence-electron chi connectivity index (χ4n) is 21.0.